The van der Waals surface area contributed by atoms with Gasteiger partial charge in [0.2, 0.25) is 5.82 Å². The van der Waals surface area contributed by atoms with E-state index in [1.54, 1.807) is 42.7 Å². The van der Waals surface area contributed by atoms with E-state index in [1.807, 2.05) is 0 Å². The Kier molecular flexibility index (Phi) is 7.09. The van der Waals surface area contributed by atoms with Gasteiger partial charge in [-0.15, -0.1) is 0 Å². The van der Waals surface area contributed by atoms with Gasteiger partial charge in [-0.05, 0) is 18.2 Å². The maximum Gasteiger partial charge on any atom is 0.265 e. The van der Waals surface area contributed by atoms with E-state index in [9.17, 15) is 0 Å². The summed E-state index contributed by atoms with van der Waals surface area (Å²) in [5, 5.41) is 18.3. The lowest BCUT2D eigenvalue weighted by Gasteiger charge is -2.16. The van der Waals surface area contributed by atoms with Crippen LogP contribution >= 0.6 is 0 Å². The van der Waals surface area contributed by atoms with Gasteiger partial charge in [0, 0.05) is 12.4 Å². The van der Waals surface area contributed by atoms with Gasteiger partial charge < -0.3 is 29.2 Å². The van der Waals surface area contributed by atoms with E-state index in [0.717, 1.165) is 0 Å². The first kappa shape index (κ1) is 20.2. The summed E-state index contributed by atoms with van der Waals surface area (Å²) in [6, 6.07) is 8.65. The van der Waals surface area contributed by atoms with Crippen LogP contribution in [0, 0.1) is 0 Å². The van der Waals surface area contributed by atoms with Gasteiger partial charge in [-0.25, -0.2) is 9.97 Å². The number of rotatable bonds is 10. The highest BCUT2D eigenvalue weighted by Crippen LogP contribution is 2.41. The van der Waals surface area contributed by atoms with Crippen molar-refractivity contribution in [2.75, 3.05) is 33.5 Å². The van der Waals surface area contributed by atoms with Crippen LogP contribution in [0.2, 0.25) is 0 Å². The molecule has 1 aromatic carbocycles. The van der Waals surface area contributed by atoms with Gasteiger partial charge >= 0.3 is 0 Å². The Bertz CT molecular complexity index is 897. The van der Waals surface area contributed by atoms with Gasteiger partial charge in [0.15, 0.2) is 17.3 Å². The predicted octanol–water partition coefficient (Wildman–Crippen LogP) is 1.48. The first-order valence-corrected chi connectivity index (χ1v) is 8.74. The van der Waals surface area contributed by atoms with Crippen molar-refractivity contribution in [3.05, 3.63) is 42.7 Å². The Morgan fingerprint density at radius 3 is 1.93 bits per heavy atom. The molecule has 0 amide bonds. The lowest BCUT2D eigenvalue weighted by Crippen LogP contribution is -2.10. The molecule has 10 heteroatoms. The minimum Gasteiger partial charge on any atom is -0.493 e. The summed E-state index contributed by atoms with van der Waals surface area (Å²) in [4.78, 5) is 16.9. The fourth-order valence-corrected chi connectivity index (χ4v) is 2.31. The first-order chi connectivity index (χ1) is 14.3. The maximum atomic E-state index is 9.17. The number of para-hydroxylation sites is 2. The standard InChI is InChI=1S/C19H20N4O6/c1-26-13-5-2-3-6-14(13)29-15-18(27-11-9-24)22-17(16-20-7-4-8-21-16)23-19(15)28-12-10-25/h2-8,24-25H,9-12H2,1H3. The van der Waals surface area contributed by atoms with Crippen LogP contribution in [0.4, 0.5) is 0 Å². The molecule has 2 aromatic heterocycles. The number of nitrogens with zero attached hydrogens (tertiary/aromatic N) is 4. The second-order valence-corrected chi connectivity index (χ2v) is 5.46. The molecule has 0 saturated carbocycles. The zero-order chi connectivity index (χ0) is 20.5. The molecule has 0 atom stereocenters. The molecule has 10 nitrogen and oxygen atoms in total. The van der Waals surface area contributed by atoms with Gasteiger partial charge in [0.1, 0.15) is 13.2 Å². The molecular weight excluding hydrogens is 380 g/mol. The molecule has 0 aliphatic rings. The molecule has 0 radical (unpaired) electrons. The summed E-state index contributed by atoms with van der Waals surface area (Å²) >= 11 is 0. The molecule has 3 rings (SSSR count). The van der Waals surface area contributed by atoms with Crippen LogP contribution in [0.15, 0.2) is 42.7 Å². The molecule has 29 heavy (non-hydrogen) atoms. The average Bonchev–Trinajstić information content (AvgIpc) is 2.78. The lowest BCUT2D eigenvalue weighted by atomic mass is 10.3. The normalized spacial score (nSPS) is 10.4. The van der Waals surface area contributed by atoms with Crippen LogP contribution < -0.4 is 18.9 Å². The summed E-state index contributed by atoms with van der Waals surface area (Å²) in [6.45, 7) is -0.536. The van der Waals surface area contributed by atoms with Crippen LogP contribution in [0.3, 0.4) is 0 Å². The third kappa shape index (κ3) is 5.06. The fourth-order valence-electron chi connectivity index (χ4n) is 2.31. The number of ether oxygens (including phenoxy) is 4. The van der Waals surface area contributed by atoms with Crippen molar-refractivity contribution >= 4 is 0 Å². The molecule has 0 saturated heterocycles. The van der Waals surface area contributed by atoms with Crippen molar-refractivity contribution in [1.82, 2.24) is 19.9 Å². The summed E-state index contributed by atoms with van der Waals surface area (Å²) in [6.07, 6.45) is 3.10. The molecule has 152 valence electrons. The molecule has 0 unspecified atom stereocenters. The summed E-state index contributed by atoms with van der Waals surface area (Å²) < 4.78 is 22.3. The molecule has 0 fully saturated rings. The monoisotopic (exact) mass is 400 g/mol. The van der Waals surface area contributed by atoms with E-state index >= 15 is 0 Å². The molecule has 0 bridgehead atoms. The van der Waals surface area contributed by atoms with Gasteiger partial charge in [-0.3, -0.25) is 0 Å². The minimum atomic E-state index is -0.234. The Morgan fingerprint density at radius 1 is 0.793 bits per heavy atom. The van der Waals surface area contributed by atoms with Crippen molar-refractivity contribution in [3.63, 3.8) is 0 Å². The van der Waals surface area contributed by atoms with Gasteiger partial charge in [0.25, 0.3) is 17.5 Å². The molecule has 0 spiro atoms. The second kappa shape index (κ2) is 10.2. The van der Waals surface area contributed by atoms with Crippen molar-refractivity contribution in [1.29, 1.82) is 0 Å². The highest BCUT2D eigenvalue weighted by Gasteiger charge is 2.23. The van der Waals surface area contributed by atoms with E-state index in [-0.39, 0.29) is 55.6 Å². The molecule has 0 aliphatic carbocycles. The van der Waals surface area contributed by atoms with E-state index < -0.39 is 0 Å². The van der Waals surface area contributed by atoms with Crippen LogP contribution in [-0.4, -0.2) is 63.7 Å². The number of methoxy groups -OCH3 is 1. The predicted molar refractivity (Wildman–Crippen MR) is 101 cm³/mol. The Morgan fingerprint density at radius 2 is 1.38 bits per heavy atom. The highest BCUT2D eigenvalue weighted by atomic mass is 16.6. The summed E-state index contributed by atoms with van der Waals surface area (Å²) in [7, 11) is 1.51. The minimum absolute atomic E-state index is 0.0235. The highest BCUT2D eigenvalue weighted by molar-refractivity contribution is 5.54. The van der Waals surface area contributed by atoms with Crippen molar-refractivity contribution in [2.45, 2.75) is 0 Å². The maximum absolute atomic E-state index is 9.17. The average molecular weight is 400 g/mol. The zero-order valence-electron chi connectivity index (χ0n) is 15.7. The zero-order valence-corrected chi connectivity index (χ0v) is 15.7. The van der Waals surface area contributed by atoms with Gasteiger partial charge in [-0.1, -0.05) is 12.1 Å². The summed E-state index contributed by atoms with van der Waals surface area (Å²) in [5.41, 5.74) is 0. The molecule has 3 aromatic rings. The third-order valence-corrected chi connectivity index (χ3v) is 3.51. The van der Waals surface area contributed by atoms with Gasteiger partial charge in [-0.2, -0.15) is 9.97 Å². The van der Waals surface area contributed by atoms with Crippen LogP contribution in [-0.2, 0) is 0 Å². The van der Waals surface area contributed by atoms with Crippen molar-refractivity contribution in [3.8, 4) is 40.7 Å². The Hall–Kier alpha value is -3.50. The van der Waals surface area contributed by atoms with Gasteiger partial charge in [0.05, 0.1) is 20.3 Å². The van der Waals surface area contributed by atoms with E-state index in [4.69, 9.17) is 29.2 Å². The lowest BCUT2D eigenvalue weighted by molar-refractivity contribution is 0.180. The molecule has 2 heterocycles. The fraction of sp³-hybridized carbons (Fsp3) is 0.263. The van der Waals surface area contributed by atoms with Crippen molar-refractivity contribution in [2.24, 2.45) is 0 Å². The smallest absolute Gasteiger partial charge is 0.265 e. The topological polar surface area (TPSA) is 129 Å². The molecular formula is C19H20N4O6. The number of hydrogen-bond acceptors (Lipinski definition) is 10. The SMILES string of the molecule is COc1ccccc1Oc1c(OCCO)nc(-c2ncccn2)nc1OCCO. The summed E-state index contributed by atoms with van der Waals surface area (Å²) in [5.74, 6) is 1.36. The van der Waals surface area contributed by atoms with Crippen LogP contribution in [0.1, 0.15) is 0 Å². The first-order valence-electron chi connectivity index (χ1n) is 8.74. The quantitative estimate of drug-likeness (QED) is 0.516. The number of aliphatic hydroxyl groups is 2. The Labute approximate surface area is 166 Å². The van der Waals surface area contributed by atoms with E-state index in [0.29, 0.717) is 11.5 Å². The number of hydrogen-bond donors (Lipinski definition) is 2. The largest absolute Gasteiger partial charge is 0.493 e. The van der Waals surface area contributed by atoms with Crippen LogP contribution in [0.25, 0.3) is 11.6 Å². The third-order valence-electron chi connectivity index (χ3n) is 3.51. The Balaban J connectivity index is 2.09. The number of aromatic nitrogens is 4. The second-order valence-electron chi connectivity index (χ2n) is 5.46. The molecule has 0 aliphatic heterocycles. The number of benzene rings is 1. The van der Waals surface area contributed by atoms with Crippen LogP contribution in [0.5, 0.6) is 29.0 Å². The van der Waals surface area contributed by atoms with Crippen molar-refractivity contribution < 1.29 is 29.2 Å². The van der Waals surface area contributed by atoms with E-state index in [1.165, 1.54) is 7.11 Å². The molecule has 2 N–H and O–H groups in total. The number of aliphatic hydroxyl groups excluding tert-OH is 2. The van der Waals surface area contributed by atoms with E-state index in [2.05, 4.69) is 19.9 Å².